The number of fused-ring (bicyclic) bond motifs is 1. The Labute approximate surface area is 113 Å². The second-order valence-corrected chi connectivity index (χ2v) is 4.89. The molecule has 0 unspecified atom stereocenters. The molecule has 0 aliphatic heterocycles. The van der Waals surface area contributed by atoms with Crippen molar-refractivity contribution in [3.05, 3.63) is 35.7 Å². The Kier molecular flexibility index (Phi) is 3.55. The number of aromatic nitrogens is 4. The first-order valence-corrected chi connectivity index (χ1v) is 6.95. The van der Waals surface area contributed by atoms with Gasteiger partial charge in [0.1, 0.15) is 6.33 Å². The summed E-state index contributed by atoms with van der Waals surface area (Å²) in [4.78, 5) is 13.4. The molecule has 0 fully saturated rings. The van der Waals surface area contributed by atoms with Crippen molar-refractivity contribution in [2.75, 3.05) is 6.54 Å². The highest BCUT2D eigenvalue weighted by atomic mass is 15.2. The largest absolute Gasteiger partial charge is 0.313 e. The highest BCUT2D eigenvalue weighted by Crippen LogP contribution is 2.21. The molecule has 0 saturated carbocycles. The zero-order chi connectivity index (χ0) is 13.1. The van der Waals surface area contributed by atoms with Crippen LogP contribution in [0.2, 0.25) is 0 Å². The van der Waals surface area contributed by atoms with E-state index in [0.29, 0.717) is 0 Å². The van der Waals surface area contributed by atoms with Crippen molar-refractivity contribution in [2.45, 2.75) is 39.2 Å². The molecule has 19 heavy (non-hydrogen) atoms. The van der Waals surface area contributed by atoms with Gasteiger partial charge in [0.15, 0.2) is 0 Å². The molecule has 0 atom stereocenters. The molecule has 2 aromatic rings. The van der Waals surface area contributed by atoms with Crippen LogP contribution in [0.1, 0.15) is 36.7 Å². The number of hydrogen-bond acceptors (Lipinski definition) is 4. The van der Waals surface area contributed by atoms with Crippen molar-refractivity contribution in [2.24, 2.45) is 0 Å². The van der Waals surface area contributed by atoms with Crippen LogP contribution < -0.4 is 5.32 Å². The molecule has 5 nitrogen and oxygen atoms in total. The summed E-state index contributed by atoms with van der Waals surface area (Å²) in [5, 5.41) is 3.27. The fourth-order valence-corrected chi connectivity index (χ4v) is 2.47. The van der Waals surface area contributed by atoms with Crippen LogP contribution in [0.15, 0.2) is 18.7 Å². The van der Waals surface area contributed by atoms with E-state index in [1.807, 2.05) is 23.3 Å². The van der Waals surface area contributed by atoms with E-state index in [2.05, 4.69) is 27.2 Å². The Morgan fingerprint density at radius 1 is 1.16 bits per heavy atom. The summed E-state index contributed by atoms with van der Waals surface area (Å²) in [6, 6.07) is 0. The summed E-state index contributed by atoms with van der Waals surface area (Å²) in [5.74, 6) is 0.732. The first-order chi connectivity index (χ1) is 9.38. The van der Waals surface area contributed by atoms with Gasteiger partial charge in [-0.3, -0.25) is 4.57 Å². The third-order valence-electron chi connectivity index (χ3n) is 3.52. The van der Waals surface area contributed by atoms with Crippen LogP contribution in [0.25, 0.3) is 5.95 Å². The number of aryl methyl sites for hydroxylation is 1. The molecular weight excluding hydrogens is 238 g/mol. The maximum Gasteiger partial charge on any atom is 0.235 e. The quantitative estimate of drug-likeness (QED) is 0.905. The van der Waals surface area contributed by atoms with Crippen LogP contribution in [0, 0.1) is 0 Å². The molecule has 1 aliphatic carbocycles. The molecule has 0 radical (unpaired) electrons. The van der Waals surface area contributed by atoms with E-state index in [0.717, 1.165) is 37.4 Å². The number of nitrogens with one attached hydrogen (secondary N) is 1. The normalized spacial score (nSPS) is 14.4. The average Bonchev–Trinajstić information content (AvgIpc) is 2.90. The van der Waals surface area contributed by atoms with Crippen LogP contribution in [-0.2, 0) is 19.4 Å². The number of rotatable bonds is 4. The lowest BCUT2D eigenvalue weighted by molar-refractivity contribution is 0.650. The second kappa shape index (κ2) is 5.48. The van der Waals surface area contributed by atoms with E-state index >= 15 is 0 Å². The Balaban J connectivity index is 1.84. The van der Waals surface area contributed by atoms with Gasteiger partial charge in [-0.1, -0.05) is 6.92 Å². The zero-order valence-corrected chi connectivity index (χ0v) is 11.3. The molecule has 3 rings (SSSR count). The fraction of sp³-hybridized carbons (Fsp3) is 0.500. The van der Waals surface area contributed by atoms with Gasteiger partial charge in [0.05, 0.1) is 5.69 Å². The maximum atomic E-state index is 4.48. The molecule has 0 bridgehead atoms. The molecular formula is C14H19N5. The lowest BCUT2D eigenvalue weighted by Gasteiger charge is -2.12. The molecule has 1 aliphatic rings. The van der Waals surface area contributed by atoms with E-state index in [1.165, 1.54) is 24.2 Å². The first kappa shape index (κ1) is 12.3. The van der Waals surface area contributed by atoms with Crippen LogP contribution in [0.3, 0.4) is 0 Å². The number of nitrogens with zero attached hydrogens (tertiary/aromatic N) is 4. The predicted molar refractivity (Wildman–Crippen MR) is 73.2 cm³/mol. The van der Waals surface area contributed by atoms with E-state index < -0.39 is 0 Å². The van der Waals surface area contributed by atoms with Gasteiger partial charge in [-0.25, -0.2) is 15.0 Å². The van der Waals surface area contributed by atoms with Crippen molar-refractivity contribution in [3.63, 3.8) is 0 Å². The van der Waals surface area contributed by atoms with Crippen LogP contribution >= 0.6 is 0 Å². The zero-order valence-electron chi connectivity index (χ0n) is 11.3. The number of hydrogen-bond donors (Lipinski definition) is 1. The van der Waals surface area contributed by atoms with Crippen molar-refractivity contribution >= 4 is 0 Å². The molecule has 1 N–H and O–H groups in total. The smallest absolute Gasteiger partial charge is 0.235 e. The molecule has 100 valence electrons. The SMILES string of the molecule is CCNCc1cnc(-n2cnc3c2CCCC3)nc1. The summed E-state index contributed by atoms with van der Waals surface area (Å²) in [6.45, 7) is 3.86. The van der Waals surface area contributed by atoms with Crippen molar-refractivity contribution in [3.8, 4) is 5.95 Å². The molecule has 0 aromatic carbocycles. The highest BCUT2D eigenvalue weighted by molar-refractivity contribution is 5.25. The second-order valence-electron chi connectivity index (χ2n) is 4.89. The van der Waals surface area contributed by atoms with Gasteiger partial charge in [-0.05, 0) is 32.2 Å². The predicted octanol–water partition coefficient (Wildman–Crippen LogP) is 1.65. The molecule has 0 spiro atoms. The lowest BCUT2D eigenvalue weighted by Crippen LogP contribution is -2.13. The monoisotopic (exact) mass is 257 g/mol. The first-order valence-electron chi connectivity index (χ1n) is 6.95. The van der Waals surface area contributed by atoms with Gasteiger partial charge in [0.2, 0.25) is 5.95 Å². The topological polar surface area (TPSA) is 55.6 Å². The minimum atomic E-state index is 0.732. The Bertz CT molecular complexity index is 543. The van der Waals surface area contributed by atoms with Crippen molar-refractivity contribution in [1.82, 2.24) is 24.8 Å². The van der Waals surface area contributed by atoms with E-state index in [1.54, 1.807) is 0 Å². The molecule has 0 amide bonds. The Morgan fingerprint density at radius 3 is 2.74 bits per heavy atom. The number of imidazole rings is 1. The third-order valence-corrected chi connectivity index (χ3v) is 3.52. The average molecular weight is 257 g/mol. The summed E-state index contributed by atoms with van der Waals surface area (Å²) in [5.41, 5.74) is 3.61. The Morgan fingerprint density at radius 2 is 1.95 bits per heavy atom. The van der Waals surface area contributed by atoms with Crippen LogP contribution in [-0.4, -0.2) is 26.1 Å². The summed E-state index contributed by atoms with van der Waals surface area (Å²) in [6.07, 6.45) is 10.3. The van der Waals surface area contributed by atoms with Crippen LogP contribution in [0.5, 0.6) is 0 Å². The highest BCUT2D eigenvalue weighted by Gasteiger charge is 2.16. The molecule has 2 heterocycles. The van der Waals surface area contributed by atoms with E-state index in [-0.39, 0.29) is 0 Å². The van der Waals surface area contributed by atoms with E-state index in [4.69, 9.17) is 0 Å². The standard InChI is InChI=1S/C14H19N5/c1-2-15-7-11-8-16-14(17-9-11)19-10-18-12-5-3-4-6-13(12)19/h8-10,15H,2-7H2,1H3. The van der Waals surface area contributed by atoms with Gasteiger partial charge in [-0.2, -0.15) is 0 Å². The van der Waals surface area contributed by atoms with Gasteiger partial charge in [0, 0.05) is 30.2 Å². The van der Waals surface area contributed by atoms with Gasteiger partial charge < -0.3 is 5.32 Å². The summed E-state index contributed by atoms with van der Waals surface area (Å²) in [7, 11) is 0. The molecule has 5 heteroatoms. The van der Waals surface area contributed by atoms with Gasteiger partial charge in [-0.15, -0.1) is 0 Å². The Hall–Kier alpha value is -1.75. The maximum absolute atomic E-state index is 4.48. The van der Waals surface area contributed by atoms with Gasteiger partial charge >= 0.3 is 0 Å². The van der Waals surface area contributed by atoms with Crippen molar-refractivity contribution in [1.29, 1.82) is 0 Å². The van der Waals surface area contributed by atoms with Crippen LogP contribution in [0.4, 0.5) is 0 Å². The van der Waals surface area contributed by atoms with Gasteiger partial charge in [0.25, 0.3) is 0 Å². The minimum Gasteiger partial charge on any atom is -0.313 e. The summed E-state index contributed by atoms with van der Waals surface area (Å²) < 4.78 is 2.03. The van der Waals surface area contributed by atoms with E-state index in [9.17, 15) is 0 Å². The fourth-order valence-electron chi connectivity index (χ4n) is 2.47. The molecule has 2 aromatic heterocycles. The minimum absolute atomic E-state index is 0.732. The lowest BCUT2D eigenvalue weighted by atomic mass is 10.0. The summed E-state index contributed by atoms with van der Waals surface area (Å²) >= 11 is 0. The third kappa shape index (κ3) is 2.51. The molecule has 0 saturated heterocycles. The van der Waals surface area contributed by atoms with Crippen molar-refractivity contribution < 1.29 is 0 Å².